The fourth-order valence-electron chi connectivity index (χ4n) is 1.14. The molecule has 0 bridgehead atoms. The molecule has 0 radical (unpaired) electrons. The quantitative estimate of drug-likeness (QED) is 0.871. The van der Waals surface area contributed by atoms with Crippen LogP contribution in [-0.4, -0.2) is 16.0 Å². The number of hydrogen-bond acceptors (Lipinski definition) is 5. The Morgan fingerprint density at radius 1 is 1.50 bits per heavy atom. The van der Waals surface area contributed by atoms with E-state index < -0.39 is 0 Å². The zero-order valence-electron chi connectivity index (χ0n) is 7.80. The van der Waals surface area contributed by atoms with Gasteiger partial charge in [0.1, 0.15) is 0 Å². The average molecular weight is 225 g/mol. The van der Waals surface area contributed by atoms with E-state index in [0.29, 0.717) is 0 Å². The zero-order chi connectivity index (χ0) is 9.97. The predicted octanol–water partition coefficient (Wildman–Crippen LogP) is 2.16. The molecule has 5 heteroatoms. The summed E-state index contributed by atoms with van der Waals surface area (Å²) >= 11 is 3.27. The van der Waals surface area contributed by atoms with E-state index in [1.165, 1.54) is 0 Å². The van der Waals surface area contributed by atoms with Crippen LogP contribution in [0.5, 0.6) is 0 Å². The molecule has 1 atom stereocenters. The number of aromatic nitrogens is 2. The minimum absolute atomic E-state index is 0.176. The van der Waals surface area contributed by atoms with Gasteiger partial charge in [0.15, 0.2) is 0 Å². The van der Waals surface area contributed by atoms with E-state index in [4.69, 9.17) is 5.73 Å². The number of nitrogens with zero attached hydrogens (tertiary/aromatic N) is 2. The van der Waals surface area contributed by atoms with Crippen LogP contribution in [-0.2, 0) is 6.42 Å². The lowest BCUT2D eigenvalue weighted by atomic mass is 10.3. The first-order valence-corrected chi connectivity index (χ1v) is 6.10. The normalized spacial score (nSPS) is 13.0. The van der Waals surface area contributed by atoms with Crippen molar-refractivity contribution < 1.29 is 0 Å². The Bertz CT molecular complexity index is 392. The number of hydrogen-bond donors (Lipinski definition) is 1. The van der Waals surface area contributed by atoms with E-state index in [2.05, 4.69) is 15.3 Å². The number of thiazole rings is 2. The summed E-state index contributed by atoms with van der Waals surface area (Å²) in [6, 6.07) is 0.176. The van der Waals surface area contributed by atoms with E-state index in [1.807, 2.05) is 18.6 Å². The van der Waals surface area contributed by atoms with E-state index in [1.54, 1.807) is 22.7 Å². The summed E-state index contributed by atoms with van der Waals surface area (Å²) in [5, 5.41) is 3.16. The van der Waals surface area contributed by atoms with Crippen molar-refractivity contribution in [2.45, 2.75) is 19.4 Å². The smallest absolute Gasteiger partial charge is 0.0948 e. The molecule has 14 heavy (non-hydrogen) atoms. The molecule has 2 aromatic heterocycles. The number of rotatable bonds is 3. The van der Waals surface area contributed by atoms with Crippen molar-refractivity contribution in [3.05, 3.63) is 22.1 Å². The lowest BCUT2D eigenvalue weighted by molar-refractivity contribution is 0.734. The minimum Gasteiger partial charge on any atom is -0.328 e. The zero-order valence-corrected chi connectivity index (χ0v) is 9.44. The molecule has 2 heterocycles. The molecule has 74 valence electrons. The first kappa shape index (κ1) is 9.76. The lowest BCUT2D eigenvalue weighted by Gasteiger charge is -1.98. The van der Waals surface area contributed by atoms with Crippen LogP contribution in [0.2, 0.25) is 0 Å². The van der Waals surface area contributed by atoms with Gasteiger partial charge in [0, 0.05) is 24.0 Å². The van der Waals surface area contributed by atoms with Gasteiger partial charge >= 0.3 is 0 Å². The van der Waals surface area contributed by atoms with Gasteiger partial charge in [-0.2, -0.15) is 0 Å². The van der Waals surface area contributed by atoms with Gasteiger partial charge in [-0.05, 0) is 6.92 Å². The molecule has 0 amide bonds. The predicted molar refractivity (Wildman–Crippen MR) is 60.6 cm³/mol. The van der Waals surface area contributed by atoms with Crippen molar-refractivity contribution >= 4 is 22.7 Å². The molecule has 1 unspecified atom stereocenters. The van der Waals surface area contributed by atoms with Crippen LogP contribution in [0.25, 0.3) is 10.6 Å². The largest absolute Gasteiger partial charge is 0.328 e. The molecule has 0 spiro atoms. The molecule has 0 aromatic carbocycles. The maximum Gasteiger partial charge on any atom is 0.0948 e. The van der Waals surface area contributed by atoms with Crippen LogP contribution in [0.1, 0.15) is 11.9 Å². The summed E-state index contributed by atoms with van der Waals surface area (Å²) in [5.41, 5.74) is 8.55. The van der Waals surface area contributed by atoms with Crippen LogP contribution >= 0.6 is 22.7 Å². The Hall–Kier alpha value is -0.780. The second-order valence-electron chi connectivity index (χ2n) is 3.17. The third-order valence-electron chi connectivity index (χ3n) is 1.73. The standard InChI is InChI=1S/C9H11N3S2/c1-6(10)2-9-12-7(4-13-9)8-3-11-5-14-8/h3-6H,2,10H2,1H3. The highest BCUT2D eigenvalue weighted by molar-refractivity contribution is 7.14. The van der Waals surface area contributed by atoms with Gasteiger partial charge < -0.3 is 5.73 Å². The summed E-state index contributed by atoms with van der Waals surface area (Å²) in [4.78, 5) is 9.65. The molecular formula is C9H11N3S2. The molecule has 2 rings (SSSR count). The molecular weight excluding hydrogens is 214 g/mol. The monoisotopic (exact) mass is 225 g/mol. The first-order chi connectivity index (χ1) is 6.75. The summed E-state index contributed by atoms with van der Waals surface area (Å²) in [6.07, 6.45) is 2.69. The van der Waals surface area contributed by atoms with Gasteiger partial charge in [0.05, 0.1) is 21.1 Å². The Labute approximate surface area is 90.6 Å². The van der Waals surface area contributed by atoms with Crippen LogP contribution in [0.15, 0.2) is 17.1 Å². The fourth-order valence-corrected chi connectivity index (χ4v) is 2.73. The molecule has 2 N–H and O–H groups in total. The Kier molecular flexibility index (Phi) is 2.90. The minimum atomic E-state index is 0.176. The highest BCUT2D eigenvalue weighted by Gasteiger charge is 2.06. The summed E-state index contributed by atoms with van der Waals surface area (Å²) in [7, 11) is 0. The van der Waals surface area contributed by atoms with Crippen LogP contribution in [0.3, 0.4) is 0 Å². The topological polar surface area (TPSA) is 51.8 Å². The molecule has 0 aliphatic carbocycles. The highest BCUT2D eigenvalue weighted by atomic mass is 32.1. The molecule has 0 saturated heterocycles. The van der Waals surface area contributed by atoms with E-state index in [-0.39, 0.29) is 6.04 Å². The molecule has 0 aliphatic heterocycles. The van der Waals surface area contributed by atoms with E-state index in [9.17, 15) is 0 Å². The molecule has 0 aliphatic rings. The summed E-state index contributed by atoms with van der Waals surface area (Å²) < 4.78 is 0. The fraction of sp³-hybridized carbons (Fsp3) is 0.333. The van der Waals surface area contributed by atoms with E-state index >= 15 is 0 Å². The highest BCUT2D eigenvalue weighted by Crippen LogP contribution is 2.25. The first-order valence-electron chi connectivity index (χ1n) is 4.34. The SMILES string of the molecule is CC(N)Cc1nc(-c2cncs2)cs1. The second-order valence-corrected chi connectivity index (χ2v) is 5.00. The second kappa shape index (κ2) is 4.16. The van der Waals surface area contributed by atoms with Gasteiger partial charge in [-0.25, -0.2) is 4.98 Å². The third kappa shape index (κ3) is 2.17. The summed E-state index contributed by atoms with van der Waals surface area (Å²) in [5.74, 6) is 0. The molecule has 0 saturated carbocycles. The van der Waals surface area contributed by atoms with E-state index in [0.717, 1.165) is 22.0 Å². The van der Waals surface area contributed by atoms with Gasteiger partial charge in [-0.15, -0.1) is 22.7 Å². The van der Waals surface area contributed by atoms with Crippen molar-refractivity contribution in [1.82, 2.24) is 9.97 Å². The molecule has 0 fully saturated rings. The average Bonchev–Trinajstić information content (AvgIpc) is 2.69. The Balaban J connectivity index is 2.18. The maximum absolute atomic E-state index is 5.71. The van der Waals surface area contributed by atoms with Crippen molar-refractivity contribution in [2.24, 2.45) is 5.73 Å². The van der Waals surface area contributed by atoms with Crippen molar-refractivity contribution in [1.29, 1.82) is 0 Å². The van der Waals surface area contributed by atoms with Gasteiger partial charge in [-0.1, -0.05) is 0 Å². The van der Waals surface area contributed by atoms with Crippen LogP contribution in [0.4, 0.5) is 0 Å². The van der Waals surface area contributed by atoms with Crippen molar-refractivity contribution in [3.63, 3.8) is 0 Å². The van der Waals surface area contributed by atoms with Crippen molar-refractivity contribution in [2.75, 3.05) is 0 Å². The van der Waals surface area contributed by atoms with Crippen molar-refractivity contribution in [3.8, 4) is 10.6 Å². The van der Waals surface area contributed by atoms with Gasteiger partial charge in [-0.3, -0.25) is 4.98 Å². The van der Waals surface area contributed by atoms with Crippen LogP contribution < -0.4 is 5.73 Å². The molecule has 2 aromatic rings. The Morgan fingerprint density at radius 2 is 2.36 bits per heavy atom. The molecule has 3 nitrogen and oxygen atoms in total. The summed E-state index contributed by atoms with van der Waals surface area (Å²) in [6.45, 7) is 1.99. The van der Waals surface area contributed by atoms with Gasteiger partial charge in [0.2, 0.25) is 0 Å². The lowest BCUT2D eigenvalue weighted by Crippen LogP contribution is -2.17. The van der Waals surface area contributed by atoms with Gasteiger partial charge in [0.25, 0.3) is 0 Å². The maximum atomic E-state index is 5.71. The Morgan fingerprint density at radius 3 is 3.00 bits per heavy atom. The number of nitrogens with two attached hydrogens (primary N) is 1. The third-order valence-corrected chi connectivity index (χ3v) is 3.40. The van der Waals surface area contributed by atoms with Crippen LogP contribution in [0, 0.1) is 0 Å².